The van der Waals surface area contributed by atoms with E-state index in [1.54, 1.807) is 19.4 Å². The Kier molecular flexibility index (Phi) is 3.51. The molecule has 0 atom stereocenters. The number of pyridine rings is 2. The van der Waals surface area contributed by atoms with E-state index in [-0.39, 0.29) is 5.56 Å². The summed E-state index contributed by atoms with van der Waals surface area (Å²) in [4.78, 5) is 19.3. The summed E-state index contributed by atoms with van der Waals surface area (Å²) in [5.74, 6) is 0.521. The molecule has 0 aliphatic carbocycles. The molecule has 21 heavy (non-hydrogen) atoms. The van der Waals surface area contributed by atoms with Crippen LogP contribution < -0.4 is 10.3 Å². The highest BCUT2D eigenvalue weighted by molar-refractivity contribution is 9.10. The van der Waals surface area contributed by atoms with Crippen molar-refractivity contribution in [1.29, 1.82) is 0 Å². The Morgan fingerprint density at radius 3 is 2.71 bits per heavy atom. The fraction of sp³-hybridized carbons (Fsp3) is 0.125. The molecule has 4 nitrogen and oxygen atoms in total. The van der Waals surface area contributed by atoms with Gasteiger partial charge in [-0.25, -0.2) is 4.98 Å². The largest absolute Gasteiger partial charge is 0.481 e. The van der Waals surface area contributed by atoms with E-state index in [0.29, 0.717) is 11.4 Å². The van der Waals surface area contributed by atoms with Crippen molar-refractivity contribution < 1.29 is 4.74 Å². The first-order valence-corrected chi connectivity index (χ1v) is 7.21. The number of aromatic amines is 1. The number of methoxy groups -OCH3 is 1. The highest BCUT2D eigenvalue weighted by Gasteiger charge is 2.09. The van der Waals surface area contributed by atoms with Crippen LogP contribution in [0, 0.1) is 6.92 Å². The molecule has 0 bridgehead atoms. The van der Waals surface area contributed by atoms with Crippen LogP contribution in [0.5, 0.6) is 5.88 Å². The maximum absolute atomic E-state index is 12.3. The molecule has 2 aromatic heterocycles. The third-order valence-corrected chi connectivity index (χ3v) is 3.97. The van der Waals surface area contributed by atoms with Gasteiger partial charge in [-0.2, -0.15) is 0 Å². The lowest BCUT2D eigenvalue weighted by Crippen LogP contribution is -2.09. The van der Waals surface area contributed by atoms with E-state index < -0.39 is 0 Å². The summed E-state index contributed by atoms with van der Waals surface area (Å²) in [6, 6.07) is 9.42. The summed E-state index contributed by atoms with van der Waals surface area (Å²) >= 11 is 3.54. The Hall–Kier alpha value is -2.14. The van der Waals surface area contributed by atoms with Crippen molar-refractivity contribution in [2.45, 2.75) is 6.92 Å². The zero-order valence-corrected chi connectivity index (χ0v) is 13.2. The number of nitrogens with zero attached hydrogens (tertiary/aromatic N) is 1. The van der Waals surface area contributed by atoms with Crippen LogP contribution in [0.3, 0.4) is 0 Å². The summed E-state index contributed by atoms with van der Waals surface area (Å²) in [6.07, 6.45) is 1.64. The van der Waals surface area contributed by atoms with Gasteiger partial charge in [-0.1, -0.05) is 15.9 Å². The van der Waals surface area contributed by atoms with Gasteiger partial charge in [0.2, 0.25) is 5.88 Å². The van der Waals surface area contributed by atoms with Gasteiger partial charge in [0, 0.05) is 38.8 Å². The first-order chi connectivity index (χ1) is 10.1. The monoisotopic (exact) mass is 344 g/mol. The average molecular weight is 345 g/mol. The van der Waals surface area contributed by atoms with Crippen molar-refractivity contribution in [2.24, 2.45) is 0 Å². The molecular weight excluding hydrogens is 332 g/mol. The van der Waals surface area contributed by atoms with Gasteiger partial charge in [0.1, 0.15) is 0 Å². The highest BCUT2D eigenvalue weighted by atomic mass is 79.9. The number of ether oxygens (including phenoxy) is 1. The zero-order valence-electron chi connectivity index (χ0n) is 11.6. The van der Waals surface area contributed by atoms with Crippen molar-refractivity contribution >= 4 is 26.8 Å². The second-order valence-electron chi connectivity index (χ2n) is 4.81. The normalized spacial score (nSPS) is 10.8. The van der Waals surface area contributed by atoms with Gasteiger partial charge in [-0.3, -0.25) is 4.79 Å². The van der Waals surface area contributed by atoms with Crippen molar-refractivity contribution in [3.05, 3.63) is 56.9 Å². The SMILES string of the molecule is COc1ccc(-c2cc3c(Br)cc(C)cc3[nH]c2=O)cn1. The quantitative estimate of drug-likeness (QED) is 0.771. The Labute approximate surface area is 129 Å². The third-order valence-electron chi connectivity index (χ3n) is 3.31. The molecule has 3 aromatic rings. The molecule has 0 spiro atoms. The number of H-pyrrole nitrogens is 1. The summed E-state index contributed by atoms with van der Waals surface area (Å²) in [7, 11) is 1.56. The highest BCUT2D eigenvalue weighted by Crippen LogP contribution is 2.27. The Bertz CT molecular complexity index is 870. The van der Waals surface area contributed by atoms with Gasteiger partial charge >= 0.3 is 0 Å². The molecule has 0 saturated heterocycles. The van der Waals surface area contributed by atoms with E-state index >= 15 is 0 Å². The lowest BCUT2D eigenvalue weighted by atomic mass is 10.1. The second-order valence-corrected chi connectivity index (χ2v) is 5.66. The standard InChI is InChI=1S/C16H13BrN2O2/c1-9-5-13(17)12-7-11(16(20)19-14(12)6-9)10-3-4-15(21-2)18-8-10/h3-8H,1-2H3,(H,19,20). The van der Waals surface area contributed by atoms with E-state index in [2.05, 4.69) is 25.9 Å². The first kappa shape index (κ1) is 13.8. The van der Waals surface area contributed by atoms with Crippen LogP contribution in [0.1, 0.15) is 5.56 Å². The average Bonchev–Trinajstić information content (AvgIpc) is 2.46. The molecule has 0 saturated carbocycles. The van der Waals surface area contributed by atoms with Gasteiger partial charge in [0.15, 0.2) is 0 Å². The van der Waals surface area contributed by atoms with E-state index in [4.69, 9.17) is 4.74 Å². The molecule has 3 rings (SSSR count). The van der Waals surface area contributed by atoms with Gasteiger partial charge in [0.25, 0.3) is 5.56 Å². The number of hydrogen-bond donors (Lipinski definition) is 1. The van der Waals surface area contributed by atoms with E-state index in [9.17, 15) is 4.79 Å². The number of hydrogen-bond acceptors (Lipinski definition) is 3. The molecule has 5 heteroatoms. The molecule has 0 radical (unpaired) electrons. The Morgan fingerprint density at radius 1 is 1.24 bits per heavy atom. The molecule has 2 heterocycles. The van der Waals surface area contributed by atoms with Crippen LogP contribution in [-0.4, -0.2) is 17.1 Å². The van der Waals surface area contributed by atoms with Crippen molar-refractivity contribution in [3.8, 4) is 17.0 Å². The van der Waals surface area contributed by atoms with Crippen LogP contribution in [0.25, 0.3) is 22.0 Å². The smallest absolute Gasteiger partial charge is 0.256 e. The predicted octanol–water partition coefficient (Wildman–Crippen LogP) is 3.67. The van der Waals surface area contributed by atoms with E-state index in [0.717, 1.165) is 26.5 Å². The lowest BCUT2D eigenvalue weighted by molar-refractivity contribution is 0.398. The van der Waals surface area contributed by atoms with Crippen LogP contribution in [0.2, 0.25) is 0 Å². The van der Waals surface area contributed by atoms with Crippen molar-refractivity contribution in [1.82, 2.24) is 9.97 Å². The number of benzene rings is 1. The van der Waals surface area contributed by atoms with E-state index in [1.807, 2.05) is 31.2 Å². The first-order valence-electron chi connectivity index (χ1n) is 6.42. The lowest BCUT2D eigenvalue weighted by Gasteiger charge is -2.07. The van der Waals surface area contributed by atoms with Crippen LogP contribution in [-0.2, 0) is 0 Å². The zero-order chi connectivity index (χ0) is 15.0. The molecule has 0 aliphatic heterocycles. The molecule has 106 valence electrons. The predicted molar refractivity (Wildman–Crippen MR) is 86.8 cm³/mol. The van der Waals surface area contributed by atoms with E-state index in [1.165, 1.54) is 0 Å². The molecule has 1 N–H and O–H groups in total. The fourth-order valence-corrected chi connectivity index (χ4v) is 2.97. The molecular formula is C16H13BrN2O2. The van der Waals surface area contributed by atoms with Crippen molar-refractivity contribution in [3.63, 3.8) is 0 Å². The summed E-state index contributed by atoms with van der Waals surface area (Å²) in [5.41, 5.74) is 3.11. The van der Waals surface area contributed by atoms with Gasteiger partial charge in [0.05, 0.1) is 7.11 Å². The molecule has 0 unspecified atom stereocenters. The maximum atomic E-state index is 12.3. The molecule has 0 amide bonds. The maximum Gasteiger partial charge on any atom is 0.256 e. The minimum absolute atomic E-state index is 0.132. The minimum atomic E-state index is -0.132. The number of aromatic nitrogens is 2. The van der Waals surface area contributed by atoms with Crippen molar-refractivity contribution in [2.75, 3.05) is 7.11 Å². The summed E-state index contributed by atoms with van der Waals surface area (Å²) in [5, 5.41) is 0.964. The van der Waals surface area contributed by atoms with Crippen LogP contribution in [0.4, 0.5) is 0 Å². The topological polar surface area (TPSA) is 55.0 Å². The second kappa shape index (κ2) is 5.33. The van der Waals surface area contributed by atoms with Gasteiger partial charge < -0.3 is 9.72 Å². The summed E-state index contributed by atoms with van der Waals surface area (Å²) < 4.78 is 5.99. The van der Waals surface area contributed by atoms with Crippen LogP contribution in [0.15, 0.2) is 45.8 Å². The van der Waals surface area contributed by atoms with Crippen LogP contribution >= 0.6 is 15.9 Å². The number of nitrogens with one attached hydrogen (secondary N) is 1. The molecule has 1 aromatic carbocycles. The Morgan fingerprint density at radius 2 is 2.05 bits per heavy atom. The number of rotatable bonds is 2. The number of aryl methyl sites for hydroxylation is 1. The summed E-state index contributed by atoms with van der Waals surface area (Å²) in [6.45, 7) is 1.99. The Balaban J connectivity index is 2.22. The third kappa shape index (κ3) is 2.56. The number of halogens is 1. The number of fused-ring (bicyclic) bond motifs is 1. The molecule has 0 aliphatic rings. The van der Waals surface area contributed by atoms with Gasteiger partial charge in [-0.15, -0.1) is 0 Å². The van der Waals surface area contributed by atoms with Gasteiger partial charge in [-0.05, 0) is 36.8 Å². The fourth-order valence-electron chi connectivity index (χ4n) is 2.28. The minimum Gasteiger partial charge on any atom is -0.481 e. The molecule has 0 fully saturated rings.